The van der Waals surface area contributed by atoms with Gasteiger partial charge < -0.3 is 10.6 Å². The lowest BCUT2D eigenvalue weighted by Crippen LogP contribution is -2.04. The van der Waals surface area contributed by atoms with E-state index >= 15 is 0 Å². The van der Waals surface area contributed by atoms with Gasteiger partial charge in [-0.1, -0.05) is 0 Å². The molecule has 0 aliphatic rings. The summed E-state index contributed by atoms with van der Waals surface area (Å²) in [5, 5.41) is 16.6. The number of rotatable bonds is 4. The van der Waals surface area contributed by atoms with E-state index in [-0.39, 0.29) is 0 Å². The van der Waals surface area contributed by atoms with Crippen molar-refractivity contribution in [1.82, 2.24) is 20.2 Å². The minimum absolute atomic E-state index is 0.639. The molecule has 3 N–H and O–H groups in total. The summed E-state index contributed by atoms with van der Waals surface area (Å²) in [4.78, 5) is 9.08. The Balaban J connectivity index is 1.77. The Morgan fingerprint density at radius 1 is 1.23 bits per heavy atom. The highest BCUT2D eigenvalue weighted by Gasteiger charge is 2.09. The van der Waals surface area contributed by atoms with Gasteiger partial charge in [0.2, 0.25) is 5.95 Å². The van der Waals surface area contributed by atoms with Crippen molar-refractivity contribution >= 4 is 49.9 Å². The number of fused-ring (bicyclic) bond motifs is 2. The lowest BCUT2D eigenvalue weighted by molar-refractivity contribution is 1.11. The minimum atomic E-state index is 0.639. The number of aromatic nitrogens is 4. The third-order valence-corrected chi connectivity index (χ3v) is 4.25. The molecule has 4 rings (SSSR count). The summed E-state index contributed by atoms with van der Waals surface area (Å²) in [5.41, 5.74) is 2.94. The number of nitrogens with zero attached hydrogens (tertiary/aromatic N) is 3. The van der Waals surface area contributed by atoms with E-state index in [1.165, 1.54) is 0 Å². The van der Waals surface area contributed by atoms with E-state index in [0.717, 1.165) is 39.2 Å². The summed E-state index contributed by atoms with van der Waals surface area (Å²) in [6.07, 6.45) is 1.81. The summed E-state index contributed by atoms with van der Waals surface area (Å²) in [6.45, 7) is 2.82. The van der Waals surface area contributed by atoms with E-state index in [0.29, 0.717) is 5.95 Å². The van der Waals surface area contributed by atoms with Crippen molar-refractivity contribution in [1.29, 1.82) is 0 Å². The van der Waals surface area contributed by atoms with Crippen LogP contribution >= 0.6 is 11.3 Å². The second-order valence-electron chi connectivity index (χ2n) is 4.86. The molecular weight excluding hydrogens is 296 g/mol. The number of aromatic amines is 1. The molecule has 0 amide bonds. The van der Waals surface area contributed by atoms with Crippen LogP contribution in [0.3, 0.4) is 0 Å². The second kappa shape index (κ2) is 5.27. The van der Waals surface area contributed by atoms with Gasteiger partial charge in [-0.15, -0.1) is 11.3 Å². The maximum Gasteiger partial charge on any atom is 0.225 e. The molecule has 0 unspecified atom stereocenters. The number of thiophene rings is 1. The molecule has 0 aliphatic heterocycles. The molecule has 3 heterocycles. The fourth-order valence-corrected chi connectivity index (χ4v) is 3.12. The van der Waals surface area contributed by atoms with Crippen molar-refractivity contribution in [2.45, 2.75) is 6.92 Å². The highest BCUT2D eigenvalue weighted by Crippen LogP contribution is 2.30. The van der Waals surface area contributed by atoms with Crippen molar-refractivity contribution in [3.63, 3.8) is 0 Å². The number of hydrogen-bond acceptors (Lipinski definition) is 6. The normalized spacial score (nSPS) is 11.1. The van der Waals surface area contributed by atoms with Gasteiger partial charge in [-0.25, -0.2) is 4.98 Å². The van der Waals surface area contributed by atoms with Crippen molar-refractivity contribution in [3.05, 3.63) is 35.8 Å². The Kier molecular flexibility index (Phi) is 3.12. The van der Waals surface area contributed by atoms with Gasteiger partial charge >= 0.3 is 0 Å². The molecule has 0 radical (unpaired) electrons. The number of H-pyrrole nitrogens is 1. The molecule has 0 aliphatic carbocycles. The lowest BCUT2D eigenvalue weighted by Gasteiger charge is -2.09. The van der Waals surface area contributed by atoms with Gasteiger partial charge in [0.15, 0.2) is 5.82 Å². The molecule has 0 spiro atoms. The zero-order valence-corrected chi connectivity index (χ0v) is 12.7. The molecule has 0 saturated carbocycles. The fraction of sp³-hybridized carbons (Fsp3) is 0.133. The van der Waals surface area contributed by atoms with Crippen LogP contribution in [0, 0.1) is 0 Å². The zero-order chi connectivity index (χ0) is 14.9. The van der Waals surface area contributed by atoms with Crippen LogP contribution in [-0.2, 0) is 0 Å². The van der Waals surface area contributed by atoms with Gasteiger partial charge in [-0.2, -0.15) is 10.1 Å². The monoisotopic (exact) mass is 310 g/mol. The molecule has 0 bridgehead atoms. The van der Waals surface area contributed by atoms with E-state index < -0.39 is 0 Å². The first kappa shape index (κ1) is 13.0. The minimum Gasteiger partial charge on any atom is -0.354 e. The van der Waals surface area contributed by atoms with Crippen LogP contribution in [0.5, 0.6) is 0 Å². The van der Waals surface area contributed by atoms with E-state index in [1.807, 2.05) is 42.8 Å². The van der Waals surface area contributed by atoms with Gasteiger partial charge in [-0.3, -0.25) is 5.10 Å². The molecule has 4 aromatic rings. The van der Waals surface area contributed by atoms with Gasteiger partial charge in [0.25, 0.3) is 0 Å². The quantitative estimate of drug-likeness (QED) is 0.535. The van der Waals surface area contributed by atoms with Crippen LogP contribution in [0.2, 0.25) is 0 Å². The molecule has 0 atom stereocenters. The van der Waals surface area contributed by atoms with Crippen molar-refractivity contribution in [2.24, 2.45) is 0 Å². The predicted octanol–water partition coefficient (Wildman–Crippen LogP) is 3.74. The van der Waals surface area contributed by atoms with Gasteiger partial charge in [-0.05, 0) is 36.6 Å². The molecule has 0 saturated heterocycles. The number of hydrogen-bond donors (Lipinski definition) is 3. The molecule has 6 nitrogen and oxygen atoms in total. The second-order valence-corrected chi connectivity index (χ2v) is 5.77. The summed E-state index contributed by atoms with van der Waals surface area (Å²) in [5.74, 6) is 1.46. The average Bonchev–Trinajstić information content (AvgIpc) is 3.15. The van der Waals surface area contributed by atoms with Gasteiger partial charge in [0, 0.05) is 17.6 Å². The molecule has 110 valence electrons. The average molecular weight is 310 g/mol. The summed E-state index contributed by atoms with van der Waals surface area (Å²) < 4.78 is 1.05. The third kappa shape index (κ3) is 2.25. The molecular formula is C15H14N6S. The standard InChI is InChI=1S/C15H14N6S/c1-2-16-15-19-12-5-6-22-13(12)14(20-15)18-10-3-4-11-9(7-10)8-17-21-11/h3-8H,2H2,1H3,(H,17,21)(H2,16,18,19,20). The number of nitrogens with one attached hydrogen (secondary N) is 3. The Hall–Kier alpha value is -2.67. The van der Waals surface area contributed by atoms with E-state index in [4.69, 9.17) is 0 Å². The van der Waals surface area contributed by atoms with Crippen LogP contribution < -0.4 is 10.6 Å². The Bertz CT molecular complexity index is 941. The molecule has 7 heteroatoms. The number of anilines is 3. The third-order valence-electron chi connectivity index (χ3n) is 3.34. The number of benzene rings is 1. The van der Waals surface area contributed by atoms with Crippen molar-refractivity contribution < 1.29 is 0 Å². The topological polar surface area (TPSA) is 78.5 Å². The van der Waals surface area contributed by atoms with Gasteiger partial charge in [0.1, 0.15) is 0 Å². The van der Waals surface area contributed by atoms with Crippen molar-refractivity contribution in [3.8, 4) is 0 Å². The molecule has 3 aromatic heterocycles. The molecule has 1 aromatic carbocycles. The van der Waals surface area contributed by atoms with Gasteiger partial charge in [0.05, 0.1) is 21.9 Å². The smallest absolute Gasteiger partial charge is 0.225 e. The van der Waals surface area contributed by atoms with Crippen LogP contribution in [0.4, 0.5) is 17.5 Å². The zero-order valence-electron chi connectivity index (χ0n) is 11.9. The molecule has 0 fully saturated rings. The van der Waals surface area contributed by atoms with Crippen LogP contribution in [-0.4, -0.2) is 26.7 Å². The van der Waals surface area contributed by atoms with Crippen LogP contribution in [0.1, 0.15) is 6.92 Å². The van der Waals surface area contributed by atoms with E-state index in [9.17, 15) is 0 Å². The summed E-state index contributed by atoms with van der Waals surface area (Å²) >= 11 is 1.63. The van der Waals surface area contributed by atoms with E-state index in [2.05, 4.69) is 30.8 Å². The maximum atomic E-state index is 4.58. The van der Waals surface area contributed by atoms with E-state index in [1.54, 1.807) is 11.3 Å². The Morgan fingerprint density at radius 2 is 2.18 bits per heavy atom. The first-order valence-electron chi connectivity index (χ1n) is 7.03. The predicted molar refractivity (Wildman–Crippen MR) is 91.0 cm³/mol. The lowest BCUT2D eigenvalue weighted by atomic mass is 10.2. The highest BCUT2D eigenvalue weighted by molar-refractivity contribution is 7.17. The molecule has 22 heavy (non-hydrogen) atoms. The van der Waals surface area contributed by atoms with Crippen LogP contribution in [0.15, 0.2) is 35.8 Å². The van der Waals surface area contributed by atoms with Crippen LogP contribution in [0.25, 0.3) is 21.1 Å². The first-order chi connectivity index (χ1) is 10.8. The fourth-order valence-electron chi connectivity index (χ4n) is 2.34. The Morgan fingerprint density at radius 3 is 3.09 bits per heavy atom. The summed E-state index contributed by atoms with van der Waals surface area (Å²) in [7, 11) is 0. The van der Waals surface area contributed by atoms with Crippen molar-refractivity contribution in [2.75, 3.05) is 17.2 Å². The SMILES string of the molecule is CCNc1nc(Nc2ccc3[nH]ncc3c2)c2sccc2n1. The largest absolute Gasteiger partial charge is 0.354 e. The highest BCUT2D eigenvalue weighted by atomic mass is 32.1. The summed E-state index contributed by atoms with van der Waals surface area (Å²) in [6, 6.07) is 8.07. The Labute approximate surface area is 130 Å². The first-order valence-corrected chi connectivity index (χ1v) is 7.91. The maximum absolute atomic E-state index is 4.58.